The lowest BCUT2D eigenvalue weighted by Crippen LogP contribution is -2.05. The Morgan fingerprint density at radius 1 is 0.815 bits per heavy atom. The van der Waals surface area contributed by atoms with Crippen molar-refractivity contribution in [1.29, 1.82) is 0 Å². The SMILES string of the molecule is C=CC(=O)Oc1ccccc1CCCCCCCCCCCCCCCC. The van der Waals surface area contributed by atoms with Crippen LogP contribution >= 0.6 is 0 Å². The molecule has 152 valence electrons. The third-order valence-electron chi connectivity index (χ3n) is 5.15. The number of aryl methyl sites for hydroxylation is 1. The van der Waals surface area contributed by atoms with Crippen molar-refractivity contribution >= 4 is 5.97 Å². The predicted molar refractivity (Wildman–Crippen MR) is 116 cm³/mol. The van der Waals surface area contributed by atoms with Gasteiger partial charge < -0.3 is 4.74 Å². The van der Waals surface area contributed by atoms with E-state index < -0.39 is 0 Å². The van der Waals surface area contributed by atoms with Crippen molar-refractivity contribution in [3.8, 4) is 5.75 Å². The van der Waals surface area contributed by atoms with Gasteiger partial charge in [0.15, 0.2) is 0 Å². The number of benzene rings is 1. The molecule has 0 aliphatic heterocycles. The summed E-state index contributed by atoms with van der Waals surface area (Å²) in [7, 11) is 0. The molecule has 1 aromatic rings. The maximum Gasteiger partial charge on any atom is 0.335 e. The minimum Gasteiger partial charge on any atom is -0.423 e. The summed E-state index contributed by atoms with van der Waals surface area (Å²) < 4.78 is 5.31. The van der Waals surface area contributed by atoms with E-state index in [1.165, 1.54) is 89.5 Å². The van der Waals surface area contributed by atoms with Gasteiger partial charge in [0.05, 0.1) is 0 Å². The van der Waals surface area contributed by atoms with Gasteiger partial charge >= 0.3 is 5.97 Å². The van der Waals surface area contributed by atoms with Crippen molar-refractivity contribution in [2.75, 3.05) is 0 Å². The standard InChI is InChI=1S/C25H40O2/c1-3-5-6-7-8-9-10-11-12-13-14-15-16-17-20-23-21-18-19-22-24(23)27-25(26)4-2/h4,18-19,21-22H,2-3,5-17,20H2,1H3. The summed E-state index contributed by atoms with van der Waals surface area (Å²) in [6, 6.07) is 7.82. The lowest BCUT2D eigenvalue weighted by molar-refractivity contribution is -0.129. The fraction of sp³-hybridized carbons (Fsp3) is 0.640. The summed E-state index contributed by atoms with van der Waals surface area (Å²) >= 11 is 0. The highest BCUT2D eigenvalue weighted by atomic mass is 16.5. The van der Waals surface area contributed by atoms with Gasteiger partial charge in [-0.3, -0.25) is 0 Å². The Hall–Kier alpha value is -1.57. The van der Waals surface area contributed by atoms with E-state index in [-0.39, 0.29) is 5.97 Å². The second kappa shape index (κ2) is 16.6. The predicted octanol–water partition coefficient (Wildman–Crippen LogP) is 7.80. The van der Waals surface area contributed by atoms with Crippen LogP contribution in [0.5, 0.6) is 5.75 Å². The maximum atomic E-state index is 11.4. The Morgan fingerprint density at radius 2 is 1.30 bits per heavy atom. The van der Waals surface area contributed by atoms with Crippen LogP contribution < -0.4 is 4.74 Å². The van der Waals surface area contributed by atoms with Crippen LogP contribution in [0.1, 0.15) is 102 Å². The molecule has 2 heteroatoms. The number of carbonyl (C=O) groups is 1. The van der Waals surface area contributed by atoms with Gasteiger partial charge in [0, 0.05) is 6.08 Å². The number of para-hydroxylation sites is 1. The molecule has 0 atom stereocenters. The molecule has 1 rings (SSSR count). The van der Waals surface area contributed by atoms with Gasteiger partial charge in [-0.15, -0.1) is 0 Å². The van der Waals surface area contributed by atoms with Gasteiger partial charge in [-0.05, 0) is 24.5 Å². The minimum atomic E-state index is -0.386. The Balaban J connectivity index is 1.97. The number of carbonyl (C=O) groups excluding carboxylic acids is 1. The first-order valence-corrected chi connectivity index (χ1v) is 11.2. The Bertz CT molecular complexity index is 507. The molecule has 0 aliphatic rings. The lowest BCUT2D eigenvalue weighted by atomic mass is 10.0. The van der Waals surface area contributed by atoms with E-state index in [0.29, 0.717) is 5.75 Å². The van der Waals surface area contributed by atoms with Crippen molar-refractivity contribution < 1.29 is 9.53 Å². The average molecular weight is 373 g/mol. The van der Waals surface area contributed by atoms with Crippen LogP contribution in [0, 0.1) is 0 Å². The van der Waals surface area contributed by atoms with Crippen molar-refractivity contribution in [3.05, 3.63) is 42.5 Å². The second-order valence-electron chi connectivity index (χ2n) is 7.58. The molecule has 0 bridgehead atoms. The summed E-state index contributed by atoms with van der Waals surface area (Å²) in [5.74, 6) is 0.292. The fourth-order valence-corrected chi connectivity index (χ4v) is 3.47. The first-order chi connectivity index (χ1) is 13.3. The average Bonchev–Trinajstić information content (AvgIpc) is 2.69. The summed E-state index contributed by atoms with van der Waals surface area (Å²) in [6.07, 6.45) is 21.3. The molecule has 0 N–H and O–H groups in total. The van der Waals surface area contributed by atoms with Gasteiger partial charge in [-0.2, -0.15) is 0 Å². The van der Waals surface area contributed by atoms with Crippen LogP contribution in [-0.2, 0) is 11.2 Å². The van der Waals surface area contributed by atoms with Crippen LogP contribution in [0.25, 0.3) is 0 Å². The van der Waals surface area contributed by atoms with Gasteiger partial charge in [-0.1, -0.05) is 115 Å². The smallest absolute Gasteiger partial charge is 0.335 e. The highest BCUT2D eigenvalue weighted by Gasteiger charge is 2.06. The van der Waals surface area contributed by atoms with E-state index >= 15 is 0 Å². The zero-order valence-corrected chi connectivity index (χ0v) is 17.5. The van der Waals surface area contributed by atoms with Crippen molar-refractivity contribution in [2.24, 2.45) is 0 Å². The lowest BCUT2D eigenvalue weighted by Gasteiger charge is -2.08. The molecule has 0 unspecified atom stereocenters. The maximum absolute atomic E-state index is 11.4. The molecule has 0 aliphatic carbocycles. The number of ether oxygens (including phenoxy) is 1. The van der Waals surface area contributed by atoms with Crippen LogP contribution in [0.3, 0.4) is 0 Å². The molecule has 27 heavy (non-hydrogen) atoms. The summed E-state index contributed by atoms with van der Waals surface area (Å²) in [5, 5.41) is 0. The summed E-state index contributed by atoms with van der Waals surface area (Å²) in [4.78, 5) is 11.4. The number of hydrogen-bond acceptors (Lipinski definition) is 2. The van der Waals surface area contributed by atoms with Gasteiger partial charge in [0.25, 0.3) is 0 Å². The number of hydrogen-bond donors (Lipinski definition) is 0. The van der Waals surface area contributed by atoms with Crippen molar-refractivity contribution in [1.82, 2.24) is 0 Å². The molecule has 0 amide bonds. The highest BCUT2D eigenvalue weighted by Crippen LogP contribution is 2.21. The molecule has 1 aromatic carbocycles. The van der Waals surface area contributed by atoms with Crippen LogP contribution in [0.15, 0.2) is 36.9 Å². The van der Waals surface area contributed by atoms with E-state index in [9.17, 15) is 4.79 Å². The molecular weight excluding hydrogens is 332 g/mol. The Labute approximate surface area is 167 Å². The van der Waals surface area contributed by atoms with E-state index in [4.69, 9.17) is 4.74 Å². The van der Waals surface area contributed by atoms with Crippen LogP contribution in [0.4, 0.5) is 0 Å². The summed E-state index contributed by atoms with van der Waals surface area (Å²) in [5.41, 5.74) is 1.12. The first-order valence-electron chi connectivity index (χ1n) is 11.2. The molecule has 2 nitrogen and oxygen atoms in total. The van der Waals surface area contributed by atoms with E-state index in [1.54, 1.807) is 0 Å². The first kappa shape index (κ1) is 23.5. The molecule has 0 radical (unpaired) electrons. The number of rotatable bonds is 17. The number of unbranched alkanes of at least 4 members (excludes halogenated alkanes) is 13. The molecule has 0 saturated heterocycles. The zero-order chi connectivity index (χ0) is 19.6. The highest BCUT2D eigenvalue weighted by molar-refractivity contribution is 5.83. The molecule has 0 heterocycles. The van der Waals surface area contributed by atoms with Gasteiger partial charge in [0.1, 0.15) is 5.75 Å². The molecule has 0 fully saturated rings. The monoisotopic (exact) mass is 372 g/mol. The molecule has 0 aromatic heterocycles. The quantitative estimate of drug-likeness (QED) is 0.121. The van der Waals surface area contributed by atoms with Gasteiger partial charge in [0.2, 0.25) is 0 Å². The van der Waals surface area contributed by atoms with E-state index in [1.807, 2.05) is 24.3 Å². The molecule has 0 spiro atoms. The van der Waals surface area contributed by atoms with Crippen LogP contribution in [-0.4, -0.2) is 5.97 Å². The normalized spacial score (nSPS) is 10.7. The second-order valence-corrected chi connectivity index (χ2v) is 7.58. The van der Waals surface area contributed by atoms with E-state index in [0.717, 1.165) is 18.4 Å². The van der Waals surface area contributed by atoms with Crippen LogP contribution in [0.2, 0.25) is 0 Å². The largest absolute Gasteiger partial charge is 0.423 e. The molecule has 0 saturated carbocycles. The number of esters is 1. The van der Waals surface area contributed by atoms with Gasteiger partial charge in [-0.25, -0.2) is 4.79 Å². The summed E-state index contributed by atoms with van der Waals surface area (Å²) in [6.45, 7) is 5.73. The Kier molecular flexibility index (Phi) is 14.4. The Morgan fingerprint density at radius 3 is 1.81 bits per heavy atom. The third-order valence-corrected chi connectivity index (χ3v) is 5.15. The van der Waals surface area contributed by atoms with E-state index in [2.05, 4.69) is 13.5 Å². The van der Waals surface area contributed by atoms with Crippen molar-refractivity contribution in [3.63, 3.8) is 0 Å². The molecular formula is C25H40O2. The fourth-order valence-electron chi connectivity index (χ4n) is 3.47. The zero-order valence-electron chi connectivity index (χ0n) is 17.5. The minimum absolute atomic E-state index is 0.386. The third kappa shape index (κ3) is 12.4. The topological polar surface area (TPSA) is 26.3 Å². The van der Waals surface area contributed by atoms with Crippen molar-refractivity contribution in [2.45, 2.75) is 103 Å².